The largest absolute Gasteiger partial charge is 0.504 e. The molecule has 0 aliphatic carbocycles. The lowest BCUT2D eigenvalue weighted by atomic mass is 9.98. The van der Waals surface area contributed by atoms with E-state index in [9.17, 15) is 79.5 Å². The summed E-state index contributed by atoms with van der Waals surface area (Å²) in [4.78, 5) is 112. The molecule has 6 heterocycles. The van der Waals surface area contributed by atoms with Gasteiger partial charge in [-0.3, -0.25) is 33.6 Å². The molecule has 16 N–H and O–H groups in total. The van der Waals surface area contributed by atoms with E-state index >= 15 is 0 Å². The number of carbonyl (C=O) groups is 7. The van der Waals surface area contributed by atoms with Crippen LogP contribution in [0.5, 0.6) is 11.5 Å². The summed E-state index contributed by atoms with van der Waals surface area (Å²) in [7, 11) is 0. The molecular formula is C63H84N12O21S2. The van der Waals surface area contributed by atoms with E-state index < -0.39 is 184 Å². The molecule has 35 heteroatoms. The number of carbonyl (C=O) groups excluding carboxylic acids is 7. The molecule has 0 saturated carbocycles. The maximum Gasteiger partial charge on any atom is 0.261 e. The Balaban J connectivity index is 0.975. The number of fused-ring (bicyclic) bond motifs is 3. The summed E-state index contributed by atoms with van der Waals surface area (Å²) in [6.07, 6.45) is -7.74. The van der Waals surface area contributed by atoms with Crippen LogP contribution in [0.3, 0.4) is 0 Å². The average molecular weight is 1410 g/mol. The zero-order valence-corrected chi connectivity index (χ0v) is 55.5. The number of aliphatic hydroxyl groups excluding tert-OH is 8. The summed E-state index contributed by atoms with van der Waals surface area (Å²) < 4.78 is 17.0. The minimum absolute atomic E-state index is 0.0133. The molecule has 33 nitrogen and oxygen atoms in total. The summed E-state index contributed by atoms with van der Waals surface area (Å²) in [6, 6.07) is 5.58. The van der Waals surface area contributed by atoms with Crippen molar-refractivity contribution in [2.75, 3.05) is 64.0 Å². The van der Waals surface area contributed by atoms with Gasteiger partial charge in [0.25, 0.3) is 18.2 Å². The molecule has 4 fully saturated rings. The van der Waals surface area contributed by atoms with Crippen molar-refractivity contribution in [1.29, 1.82) is 0 Å². The second kappa shape index (κ2) is 34.4. The van der Waals surface area contributed by atoms with Gasteiger partial charge in [0.15, 0.2) is 11.5 Å². The highest BCUT2D eigenvalue weighted by molar-refractivity contribution is 7.90. The molecule has 13 atom stereocenters. The summed E-state index contributed by atoms with van der Waals surface area (Å²) >= 11 is 1.45. The van der Waals surface area contributed by atoms with E-state index in [2.05, 4.69) is 65.2 Å². The van der Waals surface area contributed by atoms with E-state index in [4.69, 9.17) is 24.3 Å². The summed E-state index contributed by atoms with van der Waals surface area (Å²) in [5, 5.41) is 132. The third-order valence-corrected chi connectivity index (χ3v) is 19.0. The predicted octanol–water partition coefficient (Wildman–Crippen LogP) is -2.13. The quantitative estimate of drug-likeness (QED) is 0.0144. The van der Waals surface area contributed by atoms with Gasteiger partial charge in [-0.15, -0.1) is 0 Å². The zero-order valence-electron chi connectivity index (χ0n) is 53.9. The molecule has 5 aromatic rings. The number of phenols is 1. The van der Waals surface area contributed by atoms with Gasteiger partial charge in [0.05, 0.1) is 73.9 Å². The van der Waals surface area contributed by atoms with Crippen molar-refractivity contribution in [2.45, 2.75) is 151 Å². The fraction of sp³-hybridized carbons (Fsp3) is 0.540. The number of imidazole rings is 1. The average Bonchev–Trinajstić information content (AvgIpc) is 1.63. The normalized spacial score (nSPS) is 25.3. The fourth-order valence-electron chi connectivity index (χ4n) is 12.3. The Morgan fingerprint density at radius 1 is 0.806 bits per heavy atom. The number of aromatic nitrogens is 3. The van der Waals surface area contributed by atoms with Crippen molar-refractivity contribution in [1.82, 2.24) is 56.3 Å². The molecule has 7 amide bonds. The van der Waals surface area contributed by atoms with Gasteiger partial charge in [0, 0.05) is 86.9 Å². The SMILES string of the molecule is CCCOC1CCN(c2ccc(-c3nn4cc(-c5ccc(C(=O)NC6C[C@@H](O)CNC(=O)[C@@H]7[C@@H](O)[C@@H](C)CN7C(=O)[C@H]([C@H](O)CCNC(CO)CO)NC(=O)[C@H]([C@H](O)Cc7ccc(O)c(OSOOO)c7)NC(=O)[C@@H]7C[C@@H](O)CN7C(=O)[C@H]([C@@H](C)O)NC6=O)cc5)nc4s3)cc2)CC1. The Morgan fingerprint density at radius 2 is 1.49 bits per heavy atom. The Hall–Kier alpha value is -7.72. The van der Waals surface area contributed by atoms with Crippen molar-refractivity contribution < 1.29 is 103 Å². The molecule has 4 saturated heterocycles. The molecule has 534 valence electrons. The molecule has 98 heavy (non-hydrogen) atoms. The van der Waals surface area contributed by atoms with Gasteiger partial charge in [-0.2, -0.15) is 5.10 Å². The van der Waals surface area contributed by atoms with Crippen molar-refractivity contribution in [3.63, 3.8) is 0 Å². The number of phenolic OH excluding ortho intramolecular Hbond substituents is 1. The van der Waals surface area contributed by atoms with Crippen molar-refractivity contribution in [3.05, 3.63) is 84.1 Å². The Bertz CT molecular complexity index is 3510. The van der Waals surface area contributed by atoms with Gasteiger partial charge in [-0.1, -0.05) is 52.8 Å². The molecule has 9 rings (SSSR count). The molecule has 0 bridgehead atoms. The molecule has 4 aliphatic rings. The lowest BCUT2D eigenvalue weighted by molar-refractivity contribution is -0.433. The number of aromatic hydroxyl groups is 1. The maximum absolute atomic E-state index is 15.0. The first-order valence-electron chi connectivity index (χ1n) is 32.2. The van der Waals surface area contributed by atoms with Crippen LogP contribution in [0.2, 0.25) is 0 Å². The minimum Gasteiger partial charge on any atom is -0.504 e. The number of nitrogens with zero attached hydrogens (tertiary/aromatic N) is 6. The Morgan fingerprint density at radius 3 is 2.16 bits per heavy atom. The molecule has 3 aromatic carbocycles. The third-order valence-electron chi connectivity index (χ3n) is 17.7. The molecule has 1 unspecified atom stereocenters. The Kier molecular flexibility index (Phi) is 26.1. The van der Waals surface area contributed by atoms with Crippen LogP contribution in [0.1, 0.15) is 75.2 Å². The standard InChI is InChI=1S/C63H84N12O21S2/c1-4-21-93-42-16-19-72(20-17-42)39-12-10-37(11-13-39)60-71-75-29-44(67-63(75)97-60)35-6-8-36(9-7-35)55(85)66-43-24-40(79)26-65-59(89)53-54(84)32(2)27-74(53)62(91)52(47(82)15-18-64-38(30-76)31-77)70-58(88)51(48(83)22-34-5-14-46(81)49(23-34)94-98-96-95-92)69-57(87)45-25-41(80)28-73(45)61(90)50(33(3)78)68-56(43)86/h5-14,23,29,32-33,38,40-43,45,47-48,50-54,64,76-84,92H,4,15-22,24-28,30-31H2,1-3H3,(H,65,89)(H,66,85)(H,68,86)(H,69,87)(H,70,88)/t32-,33+,40+,41+,43?,45-,47+,48+,50-,51-,52-,53-,54-/m0/s1. The molecule has 2 aromatic heterocycles. The third kappa shape index (κ3) is 18.4. The van der Waals surface area contributed by atoms with E-state index in [0.29, 0.717) is 16.2 Å². The number of piperidine rings is 1. The lowest BCUT2D eigenvalue weighted by Gasteiger charge is -2.34. The maximum atomic E-state index is 15.0. The van der Waals surface area contributed by atoms with Crippen molar-refractivity contribution in [3.8, 4) is 33.3 Å². The number of benzene rings is 3. The first-order valence-corrected chi connectivity index (χ1v) is 33.7. The van der Waals surface area contributed by atoms with Crippen molar-refractivity contribution in [2.24, 2.45) is 5.92 Å². The van der Waals surface area contributed by atoms with E-state index in [-0.39, 0.29) is 48.4 Å². The molecular weight excluding hydrogens is 1320 g/mol. The van der Waals surface area contributed by atoms with Gasteiger partial charge in [0.2, 0.25) is 40.4 Å². The summed E-state index contributed by atoms with van der Waals surface area (Å²) in [5.74, 6) is -9.62. The van der Waals surface area contributed by atoms with Gasteiger partial charge in [-0.05, 0) is 93.2 Å². The number of rotatable bonds is 23. The zero-order chi connectivity index (χ0) is 70.5. The number of β-amino-alcohol motifs (C(OH)–C–C–N with tert-alkyl or cyclic N) is 1. The first kappa shape index (κ1) is 74.5. The number of nitrogens with one attached hydrogen (secondary N) is 6. The molecule has 4 aliphatic heterocycles. The van der Waals surface area contributed by atoms with Crippen LogP contribution in [0.25, 0.3) is 26.8 Å². The number of aliphatic hydroxyl groups is 8. The monoisotopic (exact) mass is 1410 g/mol. The fourth-order valence-corrected chi connectivity index (χ4v) is 13.4. The van der Waals surface area contributed by atoms with Crippen LogP contribution in [0.15, 0.2) is 72.9 Å². The topological polar surface area (TPSA) is 471 Å². The van der Waals surface area contributed by atoms with Crippen LogP contribution in [0.4, 0.5) is 5.69 Å². The summed E-state index contributed by atoms with van der Waals surface area (Å²) in [5.41, 5.74) is 3.28. The van der Waals surface area contributed by atoms with Crippen molar-refractivity contribution >= 4 is 75.7 Å². The van der Waals surface area contributed by atoms with Gasteiger partial charge < -0.3 is 101 Å². The van der Waals surface area contributed by atoms with Gasteiger partial charge in [-0.25, -0.2) is 14.8 Å². The van der Waals surface area contributed by atoms with E-state index in [0.717, 1.165) is 84.1 Å². The minimum atomic E-state index is -2.16. The highest BCUT2D eigenvalue weighted by Gasteiger charge is 2.50. The van der Waals surface area contributed by atoms with Gasteiger partial charge in [0.1, 0.15) is 41.3 Å². The van der Waals surface area contributed by atoms with E-state index in [1.165, 1.54) is 36.5 Å². The number of ether oxygens (including phenoxy) is 1. The van der Waals surface area contributed by atoms with Gasteiger partial charge >= 0.3 is 0 Å². The lowest BCUT2D eigenvalue weighted by Crippen LogP contribution is -2.64. The van der Waals surface area contributed by atoms with Crippen LogP contribution in [-0.2, 0) is 49.3 Å². The van der Waals surface area contributed by atoms with Crippen LogP contribution < -0.4 is 41.0 Å². The van der Waals surface area contributed by atoms with Crippen LogP contribution >= 0.6 is 23.7 Å². The van der Waals surface area contributed by atoms with Crippen LogP contribution in [0, 0.1) is 5.92 Å². The second-order valence-electron chi connectivity index (χ2n) is 24.8. The second-order valence-corrected chi connectivity index (χ2v) is 26.2. The smallest absolute Gasteiger partial charge is 0.261 e. The van der Waals surface area contributed by atoms with Crippen LogP contribution in [-0.4, -0.2) is 261 Å². The number of anilines is 1. The Labute approximate surface area is 570 Å². The first-order chi connectivity index (χ1) is 47.0. The molecule has 0 spiro atoms. The highest BCUT2D eigenvalue weighted by atomic mass is 32.2. The highest BCUT2D eigenvalue weighted by Crippen LogP contribution is 2.34. The number of hydrogen-bond acceptors (Lipinski definition) is 27. The molecule has 0 radical (unpaired) electrons. The predicted molar refractivity (Wildman–Crippen MR) is 350 cm³/mol. The number of amides is 7. The van der Waals surface area contributed by atoms with E-state index in [1.807, 2.05) is 12.1 Å². The summed E-state index contributed by atoms with van der Waals surface area (Å²) in [6.45, 7) is 4.35. The van der Waals surface area contributed by atoms with E-state index in [1.54, 1.807) is 22.8 Å². The number of hydrogen-bond donors (Lipinski definition) is 16.